The van der Waals surface area contributed by atoms with Gasteiger partial charge in [-0.25, -0.2) is 14.4 Å². The third kappa shape index (κ3) is 14.3. The number of aliphatic carboxylic acids is 1. The van der Waals surface area contributed by atoms with Crippen LogP contribution in [-0.4, -0.2) is 52.2 Å². The quantitative estimate of drug-likeness (QED) is 0.212. The van der Waals surface area contributed by atoms with Gasteiger partial charge in [-0.15, -0.1) is 0 Å². The molecule has 0 aromatic rings. The summed E-state index contributed by atoms with van der Waals surface area (Å²) in [4.78, 5) is 48.8. The van der Waals surface area contributed by atoms with Crippen molar-refractivity contribution in [2.75, 3.05) is 0 Å². The Bertz CT molecular complexity index is 671. The van der Waals surface area contributed by atoms with Crippen LogP contribution in [-0.2, 0) is 19.1 Å². The second-order valence-corrected chi connectivity index (χ2v) is 9.99. The van der Waals surface area contributed by atoms with Crippen LogP contribution in [0.3, 0.4) is 0 Å². The van der Waals surface area contributed by atoms with Crippen molar-refractivity contribution < 1.29 is 33.8 Å². The lowest BCUT2D eigenvalue weighted by Gasteiger charge is -2.33. The van der Waals surface area contributed by atoms with Gasteiger partial charge in [0, 0.05) is 12.8 Å². The van der Waals surface area contributed by atoms with Crippen LogP contribution in [0, 0.1) is 0 Å². The van der Waals surface area contributed by atoms with Gasteiger partial charge >= 0.3 is 18.2 Å². The fourth-order valence-corrected chi connectivity index (χ4v) is 2.80. The fourth-order valence-electron chi connectivity index (χ4n) is 2.80. The number of amides is 3. The van der Waals surface area contributed by atoms with E-state index in [1.54, 1.807) is 41.5 Å². The first-order valence-electron chi connectivity index (χ1n) is 11.3. The number of carboxylic acids is 1. The largest absolute Gasteiger partial charge is 0.478 e. The Morgan fingerprint density at radius 2 is 1.42 bits per heavy atom. The lowest BCUT2D eigenvalue weighted by atomic mass is 10.0. The summed E-state index contributed by atoms with van der Waals surface area (Å²) in [7, 11) is 0. The van der Waals surface area contributed by atoms with E-state index < -0.39 is 47.1 Å². The third-order valence-electron chi connectivity index (χ3n) is 4.21. The zero-order valence-electron chi connectivity index (χ0n) is 21.0. The minimum atomic E-state index is -2.09. The summed E-state index contributed by atoms with van der Waals surface area (Å²) in [5.74, 6) is -1.94. The van der Waals surface area contributed by atoms with E-state index >= 15 is 0 Å². The average molecular weight is 475 g/mol. The lowest BCUT2D eigenvalue weighted by molar-refractivity contribution is -0.150. The molecular weight excluding hydrogens is 432 g/mol. The van der Waals surface area contributed by atoms with Crippen molar-refractivity contribution >= 4 is 24.1 Å². The molecule has 0 saturated carbocycles. The van der Waals surface area contributed by atoms with Crippen LogP contribution >= 0.6 is 0 Å². The van der Waals surface area contributed by atoms with Crippen LogP contribution in [0.5, 0.6) is 0 Å². The van der Waals surface area contributed by atoms with Crippen LogP contribution in [0.4, 0.5) is 9.59 Å². The Balaban J connectivity index is 5.29. The highest BCUT2D eigenvalue weighted by molar-refractivity contribution is 5.89. The highest BCUT2D eigenvalue weighted by Crippen LogP contribution is 2.17. The molecule has 33 heavy (non-hydrogen) atoms. The number of hydrogen-bond acceptors (Lipinski definition) is 7. The van der Waals surface area contributed by atoms with Gasteiger partial charge in [0.2, 0.25) is 11.6 Å². The summed E-state index contributed by atoms with van der Waals surface area (Å²) in [6, 6.07) is 0. The maximum atomic E-state index is 12.4. The summed E-state index contributed by atoms with van der Waals surface area (Å²) >= 11 is 0. The van der Waals surface area contributed by atoms with Crippen molar-refractivity contribution in [1.82, 2.24) is 16.0 Å². The maximum absolute atomic E-state index is 12.4. The standard InChI is InChI=1S/C22H42N4O7/c1-8-9-10-13-16(27)25-22(17(28)29,26-19(31)33-21(5,6)7)14-11-12-15(23)24-18(30)32-20(2,3)4/h15H,8-14,23H2,1-7H3,(H,24,30)(H,25,27)(H,26,31)(H,28,29)/t15-,22+/m0/s1. The number of rotatable bonds is 12. The first kappa shape index (κ1) is 30.4. The number of nitrogens with two attached hydrogens (primary N) is 1. The van der Waals surface area contributed by atoms with Crippen LogP contribution in [0.25, 0.3) is 0 Å². The number of carbonyl (C=O) groups is 4. The molecule has 2 atom stereocenters. The molecular formula is C22H42N4O7. The molecule has 6 N–H and O–H groups in total. The molecule has 0 bridgehead atoms. The van der Waals surface area contributed by atoms with E-state index in [9.17, 15) is 24.3 Å². The van der Waals surface area contributed by atoms with Crippen molar-refractivity contribution in [3.63, 3.8) is 0 Å². The van der Waals surface area contributed by atoms with E-state index in [0.29, 0.717) is 6.42 Å². The Morgan fingerprint density at radius 3 is 1.91 bits per heavy atom. The van der Waals surface area contributed by atoms with Crippen molar-refractivity contribution in [3.8, 4) is 0 Å². The minimum Gasteiger partial charge on any atom is -0.478 e. The number of ether oxygens (including phenoxy) is 2. The van der Waals surface area contributed by atoms with Crippen LogP contribution in [0.2, 0.25) is 0 Å². The predicted molar refractivity (Wildman–Crippen MR) is 123 cm³/mol. The molecule has 0 aliphatic heterocycles. The molecule has 11 nitrogen and oxygen atoms in total. The van der Waals surface area contributed by atoms with Gasteiger partial charge in [-0.1, -0.05) is 19.8 Å². The van der Waals surface area contributed by atoms with Gasteiger partial charge in [-0.2, -0.15) is 0 Å². The summed E-state index contributed by atoms with van der Waals surface area (Å²) in [5.41, 5.74) is 2.27. The topological polar surface area (TPSA) is 169 Å². The van der Waals surface area contributed by atoms with Gasteiger partial charge in [0.25, 0.3) is 0 Å². The number of hydrogen-bond donors (Lipinski definition) is 5. The number of carbonyl (C=O) groups excluding carboxylic acids is 3. The van der Waals surface area contributed by atoms with E-state index in [1.807, 2.05) is 6.92 Å². The third-order valence-corrected chi connectivity index (χ3v) is 4.21. The predicted octanol–water partition coefficient (Wildman–Crippen LogP) is 2.97. The highest BCUT2D eigenvalue weighted by atomic mass is 16.6. The van der Waals surface area contributed by atoms with Gasteiger partial charge in [0.1, 0.15) is 11.2 Å². The van der Waals surface area contributed by atoms with Gasteiger partial charge in [0.15, 0.2) is 0 Å². The number of unbranched alkanes of at least 4 members (excludes halogenated alkanes) is 2. The fraction of sp³-hybridized carbons (Fsp3) is 0.818. The summed E-state index contributed by atoms with van der Waals surface area (Å²) in [6.45, 7) is 12.0. The van der Waals surface area contributed by atoms with Crippen molar-refractivity contribution in [3.05, 3.63) is 0 Å². The number of nitrogens with one attached hydrogen (secondary N) is 3. The molecule has 0 heterocycles. The number of carboxylic acid groups (broad SMARTS) is 1. The summed E-state index contributed by atoms with van der Waals surface area (Å²) < 4.78 is 10.3. The summed E-state index contributed by atoms with van der Waals surface area (Å²) in [5, 5.41) is 17.1. The Kier molecular flexibility index (Phi) is 12.2. The molecule has 192 valence electrons. The zero-order valence-corrected chi connectivity index (χ0v) is 21.0. The highest BCUT2D eigenvalue weighted by Gasteiger charge is 2.42. The molecule has 0 rings (SSSR count). The van der Waals surface area contributed by atoms with Gasteiger partial charge in [-0.3, -0.25) is 10.1 Å². The van der Waals surface area contributed by atoms with Gasteiger partial charge in [0.05, 0.1) is 6.17 Å². The molecule has 0 unspecified atom stereocenters. The van der Waals surface area contributed by atoms with Gasteiger partial charge in [-0.05, 0) is 60.8 Å². The normalized spacial score (nSPS) is 14.4. The molecule has 0 saturated heterocycles. The smallest absolute Gasteiger partial charge is 0.409 e. The van der Waals surface area contributed by atoms with Crippen molar-refractivity contribution in [2.24, 2.45) is 5.73 Å². The van der Waals surface area contributed by atoms with E-state index in [0.717, 1.165) is 12.8 Å². The van der Waals surface area contributed by atoms with Crippen LogP contribution in [0.1, 0.15) is 93.4 Å². The Hall–Kier alpha value is -2.56. The first-order valence-corrected chi connectivity index (χ1v) is 11.3. The van der Waals surface area contributed by atoms with Crippen LogP contribution in [0.15, 0.2) is 0 Å². The zero-order chi connectivity index (χ0) is 25.9. The molecule has 0 fully saturated rings. The molecule has 11 heteroatoms. The lowest BCUT2D eigenvalue weighted by Crippen LogP contribution is -2.66. The minimum absolute atomic E-state index is 0.124. The molecule has 0 spiro atoms. The first-order chi connectivity index (χ1) is 15.0. The van der Waals surface area contributed by atoms with Crippen molar-refractivity contribution in [2.45, 2.75) is 116 Å². The average Bonchev–Trinajstić information content (AvgIpc) is 2.57. The second kappa shape index (κ2) is 13.2. The van der Waals surface area contributed by atoms with E-state index in [2.05, 4.69) is 16.0 Å². The van der Waals surface area contributed by atoms with Crippen LogP contribution < -0.4 is 21.7 Å². The molecule has 3 amide bonds. The van der Waals surface area contributed by atoms with E-state index in [-0.39, 0.29) is 25.7 Å². The molecule has 0 aromatic heterocycles. The number of alkyl carbamates (subject to hydrolysis) is 2. The van der Waals surface area contributed by atoms with E-state index in [4.69, 9.17) is 15.2 Å². The Labute approximate surface area is 196 Å². The SMILES string of the molecule is CCCCCC(=O)N[C@](CCC[C@@H](N)NC(=O)OC(C)(C)C)(NC(=O)OC(C)(C)C)C(=O)O. The maximum Gasteiger partial charge on any atom is 0.409 e. The molecule has 0 aliphatic carbocycles. The monoisotopic (exact) mass is 474 g/mol. The molecule has 0 aromatic carbocycles. The second-order valence-electron chi connectivity index (χ2n) is 9.99. The van der Waals surface area contributed by atoms with E-state index in [1.165, 1.54) is 0 Å². The van der Waals surface area contributed by atoms with Crippen molar-refractivity contribution in [1.29, 1.82) is 0 Å². The van der Waals surface area contributed by atoms with Gasteiger partial charge < -0.3 is 30.9 Å². The molecule has 0 aliphatic rings. The molecule has 0 radical (unpaired) electrons. The Morgan fingerprint density at radius 1 is 0.879 bits per heavy atom. The summed E-state index contributed by atoms with van der Waals surface area (Å²) in [6.07, 6.45) is 0.107.